The number of nitrogens with two attached hydrogens (primary N) is 1. The van der Waals surface area contributed by atoms with E-state index in [-0.39, 0.29) is 27.1 Å². The van der Waals surface area contributed by atoms with Gasteiger partial charge in [0.15, 0.2) is 17.6 Å². The second kappa shape index (κ2) is 9.58. The van der Waals surface area contributed by atoms with E-state index in [2.05, 4.69) is 15.3 Å². The van der Waals surface area contributed by atoms with Crippen LogP contribution in [-0.4, -0.2) is 53.8 Å². The second-order valence-corrected chi connectivity index (χ2v) is 9.28. The Balaban J connectivity index is 1.73. The molecule has 12 heteroatoms. The van der Waals surface area contributed by atoms with E-state index >= 15 is 0 Å². The Morgan fingerprint density at radius 3 is 2.55 bits per heavy atom. The zero-order valence-corrected chi connectivity index (χ0v) is 18.3. The molecular formula is C19H22ClN5O5S. The van der Waals surface area contributed by atoms with E-state index in [1.54, 1.807) is 0 Å². The SMILES string of the molecule is CC(OC(=O)c1nccnc1N)C(=O)Nc1cc(S(=O)(=O)N2CCCCC2)ccc1Cl. The highest BCUT2D eigenvalue weighted by Crippen LogP contribution is 2.28. The van der Waals surface area contributed by atoms with Crippen LogP contribution in [0.2, 0.25) is 5.02 Å². The van der Waals surface area contributed by atoms with Crippen molar-refractivity contribution in [3.63, 3.8) is 0 Å². The highest BCUT2D eigenvalue weighted by molar-refractivity contribution is 7.89. The standard InChI is InChI=1S/C19H22ClN5O5S/c1-12(30-19(27)16-17(21)23-8-7-22-16)18(26)24-15-11-13(5-6-14(15)20)31(28,29)25-9-3-2-4-10-25/h5-8,11-12H,2-4,9-10H2,1H3,(H2,21,23)(H,24,26). The summed E-state index contributed by atoms with van der Waals surface area (Å²) in [5.41, 5.74) is 5.46. The quantitative estimate of drug-likeness (QED) is 0.614. The van der Waals surface area contributed by atoms with Crippen LogP contribution in [0, 0.1) is 0 Å². The molecule has 1 amide bonds. The average molecular weight is 468 g/mol. The number of carbonyl (C=O) groups excluding carboxylic acids is 2. The molecule has 2 heterocycles. The van der Waals surface area contributed by atoms with Gasteiger partial charge in [-0.25, -0.2) is 23.2 Å². The monoisotopic (exact) mass is 467 g/mol. The first kappa shape index (κ1) is 22.9. The normalized spacial score (nSPS) is 15.8. The number of anilines is 2. The van der Waals surface area contributed by atoms with Crippen LogP contribution in [0.1, 0.15) is 36.7 Å². The van der Waals surface area contributed by atoms with Crippen LogP contribution in [0.5, 0.6) is 0 Å². The molecule has 0 aliphatic carbocycles. The molecule has 0 bridgehead atoms. The fourth-order valence-corrected chi connectivity index (χ4v) is 4.73. The minimum atomic E-state index is -3.71. The average Bonchev–Trinajstić information content (AvgIpc) is 2.75. The van der Waals surface area contributed by atoms with E-state index < -0.39 is 28.0 Å². The fraction of sp³-hybridized carbons (Fsp3) is 0.368. The van der Waals surface area contributed by atoms with E-state index in [9.17, 15) is 18.0 Å². The molecule has 10 nitrogen and oxygen atoms in total. The van der Waals surface area contributed by atoms with Gasteiger partial charge < -0.3 is 15.8 Å². The predicted molar refractivity (Wildman–Crippen MR) is 114 cm³/mol. The largest absolute Gasteiger partial charge is 0.448 e. The Morgan fingerprint density at radius 1 is 1.19 bits per heavy atom. The Hall–Kier alpha value is -2.76. The number of nitrogen functional groups attached to an aromatic ring is 1. The molecule has 1 aromatic carbocycles. The summed E-state index contributed by atoms with van der Waals surface area (Å²) in [6.45, 7) is 2.25. The van der Waals surface area contributed by atoms with Crippen molar-refractivity contribution in [3.8, 4) is 0 Å². The Bertz CT molecular complexity index is 1090. The molecule has 0 saturated carbocycles. The minimum absolute atomic E-state index is 0.0195. The predicted octanol–water partition coefficient (Wildman–Crippen LogP) is 2.07. The molecule has 1 unspecified atom stereocenters. The molecule has 2 aromatic rings. The van der Waals surface area contributed by atoms with Crippen LogP contribution in [0.3, 0.4) is 0 Å². The van der Waals surface area contributed by atoms with E-state index in [1.807, 2.05) is 0 Å². The van der Waals surface area contributed by atoms with Crippen LogP contribution in [0.25, 0.3) is 0 Å². The van der Waals surface area contributed by atoms with E-state index in [0.29, 0.717) is 13.1 Å². The molecule has 3 rings (SSSR count). The Kier molecular flexibility index (Phi) is 7.08. The van der Waals surface area contributed by atoms with Crippen molar-refractivity contribution in [2.45, 2.75) is 37.2 Å². The first-order chi connectivity index (χ1) is 14.7. The number of rotatable bonds is 6. The number of piperidine rings is 1. The zero-order chi connectivity index (χ0) is 22.6. The summed E-state index contributed by atoms with van der Waals surface area (Å²) in [5, 5.41) is 2.64. The van der Waals surface area contributed by atoms with Crippen LogP contribution < -0.4 is 11.1 Å². The van der Waals surface area contributed by atoms with Crippen molar-refractivity contribution in [2.75, 3.05) is 24.1 Å². The summed E-state index contributed by atoms with van der Waals surface area (Å²) in [7, 11) is -3.71. The van der Waals surface area contributed by atoms with E-state index in [1.165, 1.54) is 41.8 Å². The highest BCUT2D eigenvalue weighted by atomic mass is 35.5. The molecule has 1 aromatic heterocycles. The van der Waals surface area contributed by atoms with Crippen molar-refractivity contribution < 1.29 is 22.7 Å². The summed E-state index contributed by atoms with van der Waals surface area (Å²) < 4.78 is 32.3. The number of hydrogen-bond donors (Lipinski definition) is 2. The maximum absolute atomic E-state index is 12.9. The summed E-state index contributed by atoms with van der Waals surface area (Å²) in [6, 6.07) is 4.08. The molecule has 0 spiro atoms. The number of halogens is 1. The lowest BCUT2D eigenvalue weighted by Gasteiger charge is -2.26. The second-order valence-electron chi connectivity index (χ2n) is 6.93. The summed E-state index contributed by atoms with van der Waals surface area (Å²) in [4.78, 5) is 32.2. The van der Waals surface area contributed by atoms with Gasteiger partial charge in [0.2, 0.25) is 10.0 Å². The molecule has 166 valence electrons. The number of aromatic nitrogens is 2. The van der Waals surface area contributed by atoms with Crippen molar-refractivity contribution in [1.29, 1.82) is 0 Å². The summed E-state index contributed by atoms with van der Waals surface area (Å²) in [6.07, 6.45) is 3.95. The van der Waals surface area contributed by atoms with Gasteiger partial charge in [-0.1, -0.05) is 18.0 Å². The molecule has 1 aliphatic heterocycles. The highest BCUT2D eigenvalue weighted by Gasteiger charge is 2.27. The lowest BCUT2D eigenvalue weighted by Crippen LogP contribution is -2.35. The van der Waals surface area contributed by atoms with E-state index in [0.717, 1.165) is 19.3 Å². The van der Waals surface area contributed by atoms with Gasteiger partial charge >= 0.3 is 5.97 Å². The first-order valence-electron chi connectivity index (χ1n) is 9.58. The van der Waals surface area contributed by atoms with Crippen LogP contribution >= 0.6 is 11.6 Å². The Morgan fingerprint density at radius 2 is 1.87 bits per heavy atom. The van der Waals surface area contributed by atoms with Gasteiger partial charge in [-0.05, 0) is 38.0 Å². The van der Waals surface area contributed by atoms with Crippen molar-refractivity contribution in [3.05, 3.63) is 41.3 Å². The van der Waals surface area contributed by atoms with Gasteiger partial charge in [-0.15, -0.1) is 0 Å². The van der Waals surface area contributed by atoms with Crippen LogP contribution in [-0.2, 0) is 19.6 Å². The van der Waals surface area contributed by atoms with Gasteiger partial charge in [0, 0.05) is 25.5 Å². The topological polar surface area (TPSA) is 145 Å². The summed E-state index contributed by atoms with van der Waals surface area (Å²) >= 11 is 6.14. The summed E-state index contributed by atoms with van der Waals surface area (Å²) in [5.74, 6) is -1.75. The molecule has 3 N–H and O–H groups in total. The van der Waals surface area contributed by atoms with Gasteiger partial charge in [0.05, 0.1) is 15.6 Å². The molecule has 1 saturated heterocycles. The molecule has 31 heavy (non-hydrogen) atoms. The molecule has 1 aliphatic rings. The smallest absolute Gasteiger partial charge is 0.361 e. The number of ether oxygens (including phenoxy) is 1. The lowest BCUT2D eigenvalue weighted by atomic mass is 10.2. The maximum Gasteiger partial charge on any atom is 0.361 e. The van der Waals surface area contributed by atoms with Crippen LogP contribution in [0.15, 0.2) is 35.5 Å². The van der Waals surface area contributed by atoms with Gasteiger partial charge in [-0.3, -0.25) is 4.79 Å². The van der Waals surface area contributed by atoms with Crippen molar-refractivity contribution >= 4 is 45.0 Å². The fourth-order valence-electron chi connectivity index (χ4n) is 3.03. The van der Waals surface area contributed by atoms with Crippen molar-refractivity contribution in [2.24, 2.45) is 0 Å². The molecule has 0 radical (unpaired) electrons. The number of hydrogen-bond acceptors (Lipinski definition) is 8. The lowest BCUT2D eigenvalue weighted by molar-refractivity contribution is -0.123. The minimum Gasteiger partial charge on any atom is -0.448 e. The third kappa shape index (κ3) is 5.30. The number of carbonyl (C=O) groups is 2. The van der Waals surface area contributed by atoms with Gasteiger partial charge in [0.25, 0.3) is 5.91 Å². The number of nitrogens with one attached hydrogen (secondary N) is 1. The Labute approximate surface area is 184 Å². The van der Waals surface area contributed by atoms with Crippen LogP contribution in [0.4, 0.5) is 11.5 Å². The number of amides is 1. The van der Waals surface area contributed by atoms with Gasteiger partial charge in [0.1, 0.15) is 0 Å². The number of benzene rings is 1. The third-order valence-corrected chi connectivity index (χ3v) is 6.95. The number of esters is 1. The molecular weight excluding hydrogens is 446 g/mol. The maximum atomic E-state index is 12.9. The van der Waals surface area contributed by atoms with E-state index in [4.69, 9.17) is 22.1 Å². The molecule has 1 fully saturated rings. The number of nitrogens with zero attached hydrogens (tertiary/aromatic N) is 3. The van der Waals surface area contributed by atoms with Gasteiger partial charge in [-0.2, -0.15) is 4.31 Å². The zero-order valence-electron chi connectivity index (χ0n) is 16.7. The first-order valence-corrected chi connectivity index (χ1v) is 11.4. The number of sulfonamides is 1. The molecule has 1 atom stereocenters. The van der Waals surface area contributed by atoms with Crippen molar-refractivity contribution in [1.82, 2.24) is 14.3 Å². The third-order valence-electron chi connectivity index (χ3n) is 4.72.